The molecule has 1 aliphatic carbocycles. The summed E-state index contributed by atoms with van der Waals surface area (Å²) in [6.07, 6.45) is 6.57. The Labute approximate surface area is 126 Å². The van der Waals surface area contributed by atoms with Gasteiger partial charge in [0.15, 0.2) is 0 Å². The van der Waals surface area contributed by atoms with Gasteiger partial charge in [0.05, 0.1) is 0 Å². The molecular formula is C17H24N2O2. The van der Waals surface area contributed by atoms with Gasteiger partial charge in [0, 0.05) is 23.7 Å². The molecule has 2 rings (SSSR count). The van der Waals surface area contributed by atoms with Gasteiger partial charge in [0.25, 0.3) is 5.91 Å². The molecular weight excluding hydrogens is 264 g/mol. The molecule has 4 heteroatoms. The van der Waals surface area contributed by atoms with Crippen molar-refractivity contribution in [3.8, 4) is 0 Å². The maximum atomic E-state index is 11.9. The van der Waals surface area contributed by atoms with Crippen molar-refractivity contribution >= 4 is 17.5 Å². The minimum Gasteiger partial charge on any atom is -0.352 e. The van der Waals surface area contributed by atoms with Crippen molar-refractivity contribution in [1.82, 2.24) is 5.32 Å². The molecule has 1 saturated carbocycles. The summed E-state index contributed by atoms with van der Waals surface area (Å²) in [6.45, 7) is 2.89. The zero-order valence-electron chi connectivity index (χ0n) is 12.7. The van der Waals surface area contributed by atoms with Crippen molar-refractivity contribution in [2.75, 3.05) is 11.9 Å². The van der Waals surface area contributed by atoms with E-state index in [1.807, 2.05) is 0 Å². The van der Waals surface area contributed by atoms with Crippen LogP contribution in [0.1, 0.15) is 55.8 Å². The lowest BCUT2D eigenvalue weighted by Crippen LogP contribution is -2.24. The number of hydrogen-bond acceptors (Lipinski definition) is 2. The minimum atomic E-state index is -0.0495. The van der Waals surface area contributed by atoms with Crippen LogP contribution in [-0.2, 0) is 4.79 Å². The molecule has 0 spiro atoms. The van der Waals surface area contributed by atoms with E-state index in [0.29, 0.717) is 5.56 Å². The van der Waals surface area contributed by atoms with Gasteiger partial charge in [-0.25, -0.2) is 0 Å². The van der Waals surface area contributed by atoms with Crippen molar-refractivity contribution in [1.29, 1.82) is 0 Å². The van der Waals surface area contributed by atoms with Crippen LogP contribution in [0.2, 0.25) is 0 Å². The molecule has 0 bridgehead atoms. The Hall–Kier alpha value is -1.84. The monoisotopic (exact) mass is 288 g/mol. The molecule has 0 radical (unpaired) electrons. The van der Waals surface area contributed by atoms with Gasteiger partial charge in [-0.1, -0.05) is 26.2 Å². The predicted molar refractivity (Wildman–Crippen MR) is 84.3 cm³/mol. The average molecular weight is 288 g/mol. The average Bonchev–Trinajstić information content (AvgIpc) is 3.32. The number of carbonyl (C=O) groups excluding carboxylic acids is 2. The van der Waals surface area contributed by atoms with Crippen molar-refractivity contribution < 1.29 is 9.59 Å². The summed E-state index contributed by atoms with van der Waals surface area (Å²) in [5.74, 6) is 0.228. The molecule has 0 saturated heterocycles. The summed E-state index contributed by atoms with van der Waals surface area (Å²) >= 11 is 0. The summed E-state index contributed by atoms with van der Waals surface area (Å²) in [7, 11) is 0. The first kappa shape index (κ1) is 15.5. The lowest BCUT2D eigenvalue weighted by atomic mass is 10.1. The normalized spacial score (nSPS) is 13.8. The summed E-state index contributed by atoms with van der Waals surface area (Å²) in [5.41, 5.74) is 1.39. The van der Waals surface area contributed by atoms with E-state index in [2.05, 4.69) is 17.6 Å². The van der Waals surface area contributed by atoms with Gasteiger partial charge >= 0.3 is 0 Å². The first-order valence-corrected chi connectivity index (χ1v) is 7.90. The summed E-state index contributed by atoms with van der Waals surface area (Å²) in [4.78, 5) is 23.6. The minimum absolute atomic E-state index is 0.0495. The second-order valence-electron chi connectivity index (χ2n) is 5.66. The first-order chi connectivity index (χ1) is 10.2. The van der Waals surface area contributed by atoms with Crippen LogP contribution in [0.3, 0.4) is 0 Å². The van der Waals surface area contributed by atoms with Crippen LogP contribution in [0.5, 0.6) is 0 Å². The molecule has 0 heterocycles. The van der Waals surface area contributed by atoms with Gasteiger partial charge < -0.3 is 10.6 Å². The molecule has 0 unspecified atom stereocenters. The molecule has 4 nitrogen and oxygen atoms in total. The molecule has 0 aromatic heterocycles. The number of benzene rings is 1. The number of rotatable bonds is 8. The Kier molecular flexibility index (Phi) is 5.78. The molecule has 0 aliphatic heterocycles. The number of anilines is 1. The quantitative estimate of drug-likeness (QED) is 0.721. The molecule has 2 amide bonds. The Bertz CT molecular complexity index is 478. The standard InChI is InChI=1S/C17H24N2O2/c1-2-3-4-5-12-18-16(20)13-8-10-15(11-9-13)19-17(21)14-6-7-14/h8-11,14H,2-7,12H2,1H3,(H,18,20)(H,19,21). The van der Waals surface area contributed by atoms with Gasteiger partial charge in [-0.15, -0.1) is 0 Å². The topological polar surface area (TPSA) is 58.2 Å². The summed E-state index contributed by atoms with van der Waals surface area (Å²) in [5, 5.41) is 5.79. The van der Waals surface area contributed by atoms with E-state index < -0.39 is 0 Å². The number of amides is 2. The molecule has 21 heavy (non-hydrogen) atoms. The van der Waals surface area contributed by atoms with E-state index in [1.54, 1.807) is 24.3 Å². The maximum absolute atomic E-state index is 11.9. The van der Waals surface area contributed by atoms with Crippen LogP contribution in [0.25, 0.3) is 0 Å². The third-order valence-electron chi connectivity index (χ3n) is 3.68. The molecule has 1 aromatic rings. The maximum Gasteiger partial charge on any atom is 0.251 e. The van der Waals surface area contributed by atoms with Gasteiger partial charge in [-0.3, -0.25) is 9.59 Å². The third kappa shape index (κ3) is 5.21. The van der Waals surface area contributed by atoms with E-state index in [1.165, 1.54) is 12.8 Å². The van der Waals surface area contributed by atoms with E-state index in [-0.39, 0.29) is 17.7 Å². The summed E-state index contributed by atoms with van der Waals surface area (Å²) < 4.78 is 0. The Morgan fingerprint density at radius 2 is 1.81 bits per heavy atom. The second-order valence-corrected chi connectivity index (χ2v) is 5.66. The highest BCUT2D eigenvalue weighted by Gasteiger charge is 2.29. The van der Waals surface area contributed by atoms with Crippen molar-refractivity contribution in [2.24, 2.45) is 5.92 Å². The molecule has 1 aliphatic rings. The van der Waals surface area contributed by atoms with Crippen LogP contribution >= 0.6 is 0 Å². The molecule has 1 aromatic carbocycles. The van der Waals surface area contributed by atoms with E-state index >= 15 is 0 Å². The van der Waals surface area contributed by atoms with Crippen molar-refractivity contribution in [3.05, 3.63) is 29.8 Å². The van der Waals surface area contributed by atoms with Gasteiger partial charge in [0.2, 0.25) is 5.91 Å². The number of hydrogen-bond donors (Lipinski definition) is 2. The van der Waals surface area contributed by atoms with Crippen LogP contribution in [-0.4, -0.2) is 18.4 Å². The SMILES string of the molecule is CCCCCCNC(=O)c1ccc(NC(=O)C2CC2)cc1. The van der Waals surface area contributed by atoms with Crippen molar-refractivity contribution in [2.45, 2.75) is 45.4 Å². The van der Waals surface area contributed by atoms with Crippen LogP contribution in [0.15, 0.2) is 24.3 Å². The molecule has 2 N–H and O–H groups in total. The van der Waals surface area contributed by atoms with Crippen molar-refractivity contribution in [3.63, 3.8) is 0 Å². The van der Waals surface area contributed by atoms with Crippen LogP contribution in [0, 0.1) is 5.92 Å². The molecule has 1 fully saturated rings. The van der Waals surface area contributed by atoms with Crippen LogP contribution in [0.4, 0.5) is 5.69 Å². The highest BCUT2D eigenvalue weighted by molar-refractivity contribution is 5.96. The van der Waals surface area contributed by atoms with E-state index in [4.69, 9.17) is 0 Å². The van der Waals surface area contributed by atoms with E-state index in [9.17, 15) is 9.59 Å². The fraction of sp³-hybridized carbons (Fsp3) is 0.529. The highest BCUT2D eigenvalue weighted by atomic mass is 16.2. The largest absolute Gasteiger partial charge is 0.352 e. The molecule has 0 atom stereocenters. The lowest BCUT2D eigenvalue weighted by molar-refractivity contribution is -0.117. The van der Waals surface area contributed by atoms with E-state index in [0.717, 1.165) is 37.9 Å². The highest BCUT2D eigenvalue weighted by Crippen LogP contribution is 2.30. The zero-order chi connectivity index (χ0) is 15.1. The lowest BCUT2D eigenvalue weighted by Gasteiger charge is -2.07. The Morgan fingerprint density at radius 3 is 2.43 bits per heavy atom. The summed E-state index contributed by atoms with van der Waals surface area (Å²) in [6, 6.07) is 7.08. The number of unbranched alkanes of at least 4 members (excludes halogenated alkanes) is 3. The van der Waals surface area contributed by atoms with Gasteiger partial charge in [-0.05, 0) is 43.5 Å². The van der Waals surface area contributed by atoms with Gasteiger partial charge in [0.1, 0.15) is 0 Å². The van der Waals surface area contributed by atoms with Gasteiger partial charge in [-0.2, -0.15) is 0 Å². The fourth-order valence-corrected chi connectivity index (χ4v) is 2.15. The predicted octanol–water partition coefficient (Wildman–Crippen LogP) is 3.35. The first-order valence-electron chi connectivity index (χ1n) is 7.90. The fourth-order valence-electron chi connectivity index (χ4n) is 2.15. The van der Waals surface area contributed by atoms with Crippen LogP contribution < -0.4 is 10.6 Å². The third-order valence-corrected chi connectivity index (χ3v) is 3.68. The second kappa shape index (κ2) is 7.81. The smallest absolute Gasteiger partial charge is 0.251 e. The Balaban J connectivity index is 1.75. The number of carbonyl (C=O) groups is 2. The zero-order valence-corrected chi connectivity index (χ0v) is 12.7. The number of nitrogens with one attached hydrogen (secondary N) is 2. The Morgan fingerprint density at radius 1 is 1.10 bits per heavy atom. The molecule has 114 valence electrons.